The molecule has 0 unspecified atom stereocenters. The van der Waals surface area contributed by atoms with Crippen molar-refractivity contribution in [3.63, 3.8) is 0 Å². The third-order valence-corrected chi connectivity index (χ3v) is 11.3. The molecule has 6 nitrogen and oxygen atoms in total. The Hall–Kier alpha value is -2.14. The number of amides is 2. The first-order valence-electron chi connectivity index (χ1n) is 11.6. The standard InChI is InChI=1S/C26H40N2O4Si/c1-10-18-11-13-19(14-12-18)16-27-23(30)21-15-20(32-33(8,9)26(5,6)7)17-28(21)24(31)22(29)25(2,3)4/h1,11-14,20-22,29H,15-17H2,2-9H3,(H,27,30)/t20-,21+,22-/m1/s1. The van der Waals surface area contributed by atoms with Crippen molar-refractivity contribution in [1.82, 2.24) is 10.2 Å². The molecule has 0 saturated carbocycles. The molecule has 1 aliphatic heterocycles. The number of carbonyl (C=O) groups is 2. The molecule has 1 aromatic rings. The molecule has 0 spiro atoms. The van der Waals surface area contributed by atoms with E-state index in [2.05, 4.69) is 45.1 Å². The minimum atomic E-state index is -2.09. The predicted molar refractivity (Wildman–Crippen MR) is 134 cm³/mol. The summed E-state index contributed by atoms with van der Waals surface area (Å²) in [6, 6.07) is 6.72. The summed E-state index contributed by atoms with van der Waals surface area (Å²) in [4.78, 5) is 27.9. The van der Waals surface area contributed by atoms with Gasteiger partial charge in [0.1, 0.15) is 12.1 Å². The zero-order chi connectivity index (χ0) is 25.2. The van der Waals surface area contributed by atoms with Gasteiger partial charge in [-0.25, -0.2) is 0 Å². The van der Waals surface area contributed by atoms with Crippen LogP contribution in [-0.2, 0) is 20.6 Å². The molecule has 0 aliphatic carbocycles. The first kappa shape index (κ1) is 27.1. The molecule has 182 valence electrons. The van der Waals surface area contributed by atoms with Crippen LogP contribution in [0.15, 0.2) is 24.3 Å². The van der Waals surface area contributed by atoms with Crippen molar-refractivity contribution in [3.05, 3.63) is 35.4 Å². The molecule has 0 radical (unpaired) electrons. The maximum Gasteiger partial charge on any atom is 0.252 e. The van der Waals surface area contributed by atoms with Crippen LogP contribution in [0.1, 0.15) is 59.1 Å². The number of hydrogen-bond donors (Lipinski definition) is 2. The SMILES string of the molecule is C#Cc1ccc(CNC(=O)[C@@H]2C[C@@H](O[Si](C)(C)C(C)(C)C)CN2C(=O)[C@@H](O)C(C)(C)C)cc1. The van der Waals surface area contributed by atoms with E-state index in [9.17, 15) is 14.7 Å². The van der Waals surface area contributed by atoms with Gasteiger partial charge in [-0.3, -0.25) is 9.59 Å². The minimum Gasteiger partial charge on any atom is -0.412 e. The monoisotopic (exact) mass is 472 g/mol. The number of benzene rings is 1. The van der Waals surface area contributed by atoms with Crippen molar-refractivity contribution in [3.8, 4) is 12.3 Å². The molecule has 1 heterocycles. The number of rotatable bonds is 6. The fourth-order valence-corrected chi connectivity index (χ4v) is 4.88. The highest BCUT2D eigenvalue weighted by molar-refractivity contribution is 6.74. The largest absolute Gasteiger partial charge is 0.412 e. The van der Waals surface area contributed by atoms with Crippen LogP contribution < -0.4 is 5.32 Å². The molecule has 33 heavy (non-hydrogen) atoms. The molecule has 7 heteroatoms. The lowest BCUT2D eigenvalue weighted by Gasteiger charge is -2.38. The number of nitrogens with one attached hydrogen (secondary N) is 1. The third kappa shape index (κ3) is 6.69. The van der Waals surface area contributed by atoms with E-state index in [1.54, 1.807) is 0 Å². The van der Waals surface area contributed by atoms with Gasteiger partial charge in [0.15, 0.2) is 8.32 Å². The van der Waals surface area contributed by atoms with Crippen LogP contribution in [0.3, 0.4) is 0 Å². The van der Waals surface area contributed by atoms with Crippen LogP contribution in [0.2, 0.25) is 18.1 Å². The van der Waals surface area contributed by atoms with Crippen molar-refractivity contribution in [2.75, 3.05) is 6.54 Å². The number of aliphatic hydroxyl groups is 1. The molecule has 2 N–H and O–H groups in total. The Kier molecular flexibility index (Phi) is 8.22. The quantitative estimate of drug-likeness (QED) is 0.489. The van der Waals surface area contributed by atoms with Gasteiger partial charge in [0.25, 0.3) is 5.91 Å². The highest BCUT2D eigenvalue weighted by atomic mass is 28.4. The van der Waals surface area contributed by atoms with Gasteiger partial charge in [-0.2, -0.15) is 0 Å². The van der Waals surface area contributed by atoms with E-state index in [4.69, 9.17) is 10.8 Å². The van der Waals surface area contributed by atoms with E-state index in [-0.39, 0.29) is 17.0 Å². The lowest BCUT2D eigenvalue weighted by Crippen LogP contribution is -2.52. The maximum absolute atomic E-state index is 13.2. The van der Waals surface area contributed by atoms with Gasteiger partial charge in [-0.15, -0.1) is 6.42 Å². The summed E-state index contributed by atoms with van der Waals surface area (Å²) in [7, 11) is -2.09. The Morgan fingerprint density at radius 3 is 2.27 bits per heavy atom. The number of hydrogen-bond acceptors (Lipinski definition) is 4. The molecule has 0 aromatic heterocycles. The highest BCUT2D eigenvalue weighted by Crippen LogP contribution is 2.39. The van der Waals surface area contributed by atoms with Crippen molar-refractivity contribution >= 4 is 20.1 Å². The zero-order valence-electron chi connectivity index (χ0n) is 21.4. The van der Waals surface area contributed by atoms with E-state index in [1.807, 2.05) is 45.0 Å². The summed E-state index contributed by atoms with van der Waals surface area (Å²) in [5.41, 5.74) is 1.07. The van der Waals surface area contributed by atoms with Gasteiger partial charge in [0.2, 0.25) is 5.91 Å². The summed E-state index contributed by atoms with van der Waals surface area (Å²) in [5.74, 6) is 1.90. The average molecular weight is 473 g/mol. The third-order valence-electron chi connectivity index (χ3n) is 6.76. The van der Waals surface area contributed by atoms with Crippen molar-refractivity contribution in [1.29, 1.82) is 0 Å². The maximum atomic E-state index is 13.2. The first-order chi connectivity index (χ1) is 15.1. The second-order valence-electron chi connectivity index (χ2n) is 11.6. The molecule has 1 fully saturated rings. The molecular formula is C26H40N2O4Si. The van der Waals surface area contributed by atoms with E-state index < -0.39 is 31.8 Å². The highest BCUT2D eigenvalue weighted by Gasteiger charge is 2.47. The molecule has 1 aliphatic rings. The lowest BCUT2D eigenvalue weighted by molar-refractivity contribution is -0.150. The molecule has 3 atom stereocenters. The predicted octanol–water partition coefficient (Wildman–Crippen LogP) is 3.68. The van der Waals surface area contributed by atoms with Gasteiger partial charge in [-0.05, 0) is 41.2 Å². The molecule has 1 saturated heterocycles. The summed E-state index contributed by atoms with van der Waals surface area (Å²) >= 11 is 0. The normalized spacial score (nSPS) is 20.3. The summed E-state index contributed by atoms with van der Waals surface area (Å²) in [5, 5.41) is 13.6. The van der Waals surface area contributed by atoms with Crippen LogP contribution in [0.4, 0.5) is 0 Å². The summed E-state index contributed by atoms with van der Waals surface area (Å²) in [6.45, 7) is 16.9. The molecular weight excluding hydrogens is 432 g/mol. The number of aliphatic hydroxyl groups excluding tert-OH is 1. The Balaban J connectivity index is 2.19. The van der Waals surface area contributed by atoms with E-state index in [1.165, 1.54) is 4.90 Å². The lowest BCUT2D eigenvalue weighted by atomic mass is 9.88. The van der Waals surface area contributed by atoms with Crippen molar-refractivity contribution < 1.29 is 19.1 Å². The van der Waals surface area contributed by atoms with Crippen LogP contribution in [0.5, 0.6) is 0 Å². The summed E-state index contributed by atoms with van der Waals surface area (Å²) in [6.07, 6.45) is 4.37. The van der Waals surface area contributed by atoms with Crippen molar-refractivity contribution in [2.24, 2.45) is 5.41 Å². The Morgan fingerprint density at radius 2 is 1.79 bits per heavy atom. The number of terminal acetylenes is 1. The second kappa shape index (κ2) is 10.0. The van der Waals surface area contributed by atoms with Gasteiger partial charge in [0, 0.05) is 25.1 Å². The molecule has 2 rings (SSSR count). The smallest absolute Gasteiger partial charge is 0.252 e. The van der Waals surface area contributed by atoms with Gasteiger partial charge in [-0.1, -0.05) is 59.6 Å². The summed E-state index contributed by atoms with van der Waals surface area (Å²) < 4.78 is 6.54. The van der Waals surface area contributed by atoms with Crippen LogP contribution in [0.25, 0.3) is 0 Å². The van der Waals surface area contributed by atoms with Crippen LogP contribution in [0, 0.1) is 17.8 Å². The fourth-order valence-electron chi connectivity index (χ4n) is 3.52. The van der Waals surface area contributed by atoms with E-state index >= 15 is 0 Å². The van der Waals surface area contributed by atoms with Gasteiger partial charge >= 0.3 is 0 Å². The number of carbonyl (C=O) groups excluding carboxylic acids is 2. The Morgan fingerprint density at radius 1 is 1.21 bits per heavy atom. The Labute approximate surface area is 200 Å². The molecule has 2 amide bonds. The molecule has 0 bridgehead atoms. The van der Waals surface area contributed by atoms with E-state index in [0.29, 0.717) is 19.5 Å². The zero-order valence-corrected chi connectivity index (χ0v) is 22.4. The molecule has 1 aromatic carbocycles. The first-order valence-corrected chi connectivity index (χ1v) is 14.5. The number of nitrogens with zero attached hydrogens (tertiary/aromatic N) is 1. The Bertz CT molecular complexity index is 891. The number of likely N-dealkylation sites (tertiary alicyclic amines) is 1. The van der Waals surface area contributed by atoms with Crippen LogP contribution in [-0.4, -0.2) is 54.9 Å². The second-order valence-corrected chi connectivity index (χ2v) is 16.3. The fraction of sp³-hybridized carbons (Fsp3) is 0.615. The topological polar surface area (TPSA) is 78.9 Å². The van der Waals surface area contributed by atoms with Crippen LogP contribution >= 0.6 is 0 Å². The van der Waals surface area contributed by atoms with Crippen molar-refractivity contribution in [2.45, 2.75) is 90.9 Å². The average Bonchev–Trinajstić information content (AvgIpc) is 3.12. The minimum absolute atomic E-state index is 0.0116. The van der Waals surface area contributed by atoms with E-state index in [0.717, 1.165) is 11.1 Å². The van der Waals surface area contributed by atoms with Gasteiger partial charge < -0.3 is 19.7 Å². The van der Waals surface area contributed by atoms with Gasteiger partial charge in [0.05, 0.1) is 6.10 Å².